The SMILES string of the molecule is COCC(N)C(=O)N1CCN(C(=O)c2ccc(F)c(F)c2)CC1.Cl. The first-order chi connectivity index (χ1) is 10.9. The number of benzene rings is 1. The summed E-state index contributed by atoms with van der Waals surface area (Å²) in [5.41, 5.74) is 5.78. The van der Waals surface area contributed by atoms with Gasteiger partial charge in [-0.3, -0.25) is 9.59 Å². The van der Waals surface area contributed by atoms with E-state index in [0.29, 0.717) is 26.2 Å². The first-order valence-corrected chi connectivity index (χ1v) is 7.21. The Morgan fingerprint density at radius 2 is 1.75 bits per heavy atom. The quantitative estimate of drug-likeness (QED) is 0.852. The zero-order valence-electron chi connectivity index (χ0n) is 13.2. The Balaban J connectivity index is 0.00000288. The average molecular weight is 364 g/mol. The molecule has 0 radical (unpaired) electrons. The fourth-order valence-electron chi connectivity index (χ4n) is 2.43. The number of ether oxygens (including phenoxy) is 1. The third kappa shape index (κ3) is 4.62. The number of rotatable bonds is 4. The van der Waals surface area contributed by atoms with Crippen molar-refractivity contribution in [2.75, 3.05) is 39.9 Å². The van der Waals surface area contributed by atoms with Gasteiger partial charge < -0.3 is 20.3 Å². The number of nitrogens with zero attached hydrogens (tertiary/aromatic N) is 2. The Kier molecular flexibility index (Phi) is 7.53. The van der Waals surface area contributed by atoms with E-state index < -0.39 is 23.6 Å². The van der Waals surface area contributed by atoms with Gasteiger partial charge in [0.25, 0.3) is 5.91 Å². The number of methoxy groups -OCH3 is 1. The second-order valence-electron chi connectivity index (χ2n) is 5.31. The first kappa shape index (κ1) is 20.3. The third-order valence-corrected chi connectivity index (χ3v) is 3.71. The van der Waals surface area contributed by atoms with E-state index in [1.165, 1.54) is 18.1 Å². The molecule has 1 atom stereocenters. The van der Waals surface area contributed by atoms with Crippen LogP contribution in [0, 0.1) is 11.6 Å². The van der Waals surface area contributed by atoms with Gasteiger partial charge in [-0.05, 0) is 18.2 Å². The number of carbonyl (C=O) groups excluding carboxylic acids is 2. The van der Waals surface area contributed by atoms with Crippen molar-refractivity contribution in [1.29, 1.82) is 0 Å². The Hall–Kier alpha value is -1.77. The molecule has 0 saturated carbocycles. The predicted octanol–water partition coefficient (Wildman–Crippen LogP) is 0.645. The molecule has 24 heavy (non-hydrogen) atoms. The third-order valence-electron chi connectivity index (χ3n) is 3.71. The molecule has 6 nitrogen and oxygen atoms in total. The molecular formula is C15H20ClF2N3O3. The highest BCUT2D eigenvalue weighted by Crippen LogP contribution is 2.13. The summed E-state index contributed by atoms with van der Waals surface area (Å²) in [5, 5.41) is 0. The summed E-state index contributed by atoms with van der Waals surface area (Å²) in [6.45, 7) is 1.43. The minimum absolute atomic E-state index is 0. The van der Waals surface area contributed by atoms with Crippen LogP contribution >= 0.6 is 12.4 Å². The Morgan fingerprint density at radius 1 is 1.17 bits per heavy atom. The molecule has 1 aromatic carbocycles. The van der Waals surface area contributed by atoms with E-state index in [1.807, 2.05) is 0 Å². The second-order valence-corrected chi connectivity index (χ2v) is 5.31. The van der Waals surface area contributed by atoms with Crippen LogP contribution in [0.1, 0.15) is 10.4 Å². The fourth-order valence-corrected chi connectivity index (χ4v) is 2.43. The molecule has 2 N–H and O–H groups in total. The highest BCUT2D eigenvalue weighted by molar-refractivity contribution is 5.94. The number of carbonyl (C=O) groups is 2. The summed E-state index contributed by atoms with van der Waals surface area (Å²) in [6, 6.07) is 2.32. The molecule has 0 spiro atoms. The van der Waals surface area contributed by atoms with Crippen molar-refractivity contribution in [3.63, 3.8) is 0 Å². The summed E-state index contributed by atoms with van der Waals surface area (Å²) in [5.74, 6) is -2.68. The van der Waals surface area contributed by atoms with Gasteiger partial charge in [0.2, 0.25) is 5.91 Å². The van der Waals surface area contributed by atoms with Gasteiger partial charge >= 0.3 is 0 Å². The molecule has 2 amide bonds. The van der Waals surface area contributed by atoms with E-state index in [9.17, 15) is 18.4 Å². The van der Waals surface area contributed by atoms with Crippen LogP contribution in [0.15, 0.2) is 18.2 Å². The number of hydrogen-bond donors (Lipinski definition) is 1. The topological polar surface area (TPSA) is 75.9 Å². The van der Waals surface area contributed by atoms with Gasteiger partial charge in [-0.2, -0.15) is 0 Å². The molecule has 1 aliphatic rings. The van der Waals surface area contributed by atoms with E-state index >= 15 is 0 Å². The Bertz CT molecular complexity index is 595. The monoisotopic (exact) mass is 363 g/mol. The number of halogens is 3. The van der Waals surface area contributed by atoms with E-state index in [-0.39, 0.29) is 30.5 Å². The predicted molar refractivity (Wildman–Crippen MR) is 85.9 cm³/mol. The van der Waals surface area contributed by atoms with E-state index in [2.05, 4.69) is 0 Å². The van der Waals surface area contributed by atoms with Crippen LogP contribution in [0.2, 0.25) is 0 Å². The molecule has 9 heteroatoms. The van der Waals surface area contributed by atoms with Gasteiger partial charge in [-0.15, -0.1) is 12.4 Å². The molecular weight excluding hydrogens is 344 g/mol. The van der Waals surface area contributed by atoms with Crippen LogP contribution in [0.3, 0.4) is 0 Å². The first-order valence-electron chi connectivity index (χ1n) is 7.21. The van der Waals surface area contributed by atoms with Gasteiger partial charge in [0.05, 0.1) is 6.61 Å². The highest BCUT2D eigenvalue weighted by atomic mass is 35.5. The van der Waals surface area contributed by atoms with Crippen LogP contribution in [0.5, 0.6) is 0 Å². The van der Waals surface area contributed by atoms with Crippen molar-refractivity contribution in [2.45, 2.75) is 6.04 Å². The number of hydrogen-bond acceptors (Lipinski definition) is 4. The maximum absolute atomic E-state index is 13.2. The van der Waals surface area contributed by atoms with Crippen molar-refractivity contribution < 1.29 is 23.1 Å². The van der Waals surface area contributed by atoms with E-state index in [1.54, 1.807) is 4.90 Å². The van der Waals surface area contributed by atoms with Crippen LogP contribution in [-0.2, 0) is 9.53 Å². The molecule has 1 fully saturated rings. The summed E-state index contributed by atoms with van der Waals surface area (Å²) >= 11 is 0. The van der Waals surface area contributed by atoms with Gasteiger partial charge in [-0.1, -0.05) is 0 Å². The molecule has 2 rings (SSSR count). The second kappa shape index (κ2) is 8.91. The molecule has 0 aliphatic carbocycles. The normalized spacial score (nSPS) is 15.7. The molecule has 1 aromatic rings. The Labute approximate surface area is 144 Å². The van der Waals surface area contributed by atoms with Crippen LogP contribution in [0.25, 0.3) is 0 Å². The van der Waals surface area contributed by atoms with Crippen LogP contribution in [-0.4, -0.2) is 67.6 Å². The molecule has 1 unspecified atom stereocenters. The van der Waals surface area contributed by atoms with Crippen molar-refractivity contribution in [1.82, 2.24) is 9.80 Å². The largest absolute Gasteiger partial charge is 0.383 e. The van der Waals surface area contributed by atoms with Crippen molar-refractivity contribution >= 4 is 24.2 Å². The Morgan fingerprint density at radius 3 is 2.29 bits per heavy atom. The smallest absolute Gasteiger partial charge is 0.254 e. The maximum atomic E-state index is 13.2. The van der Waals surface area contributed by atoms with Gasteiger partial charge in [-0.25, -0.2) is 8.78 Å². The minimum Gasteiger partial charge on any atom is -0.383 e. The number of nitrogens with two attached hydrogens (primary N) is 1. The van der Waals surface area contributed by atoms with E-state index in [0.717, 1.165) is 12.1 Å². The number of amides is 2. The van der Waals surface area contributed by atoms with Crippen LogP contribution < -0.4 is 5.73 Å². The van der Waals surface area contributed by atoms with Crippen molar-refractivity contribution in [3.05, 3.63) is 35.4 Å². The van der Waals surface area contributed by atoms with Gasteiger partial charge in [0.1, 0.15) is 6.04 Å². The van der Waals surface area contributed by atoms with E-state index in [4.69, 9.17) is 10.5 Å². The number of piperazine rings is 1. The van der Waals surface area contributed by atoms with Crippen molar-refractivity contribution in [2.24, 2.45) is 5.73 Å². The molecule has 1 aliphatic heterocycles. The molecule has 1 saturated heterocycles. The maximum Gasteiger partial charge on any atom is 0.254 e. The molecule has 0 aromatic heterocycles. The lowest BCUT2D eigenvalue weighted by atomic mass is 10.1. The lowest BCUT2D eigenvalue weighted by molar-refractivity contribution is -0.135. The lowest BCUT2D eigenvalue weighted by Crippen LogP contribution is -2.55. The average Bonchev–Trinajstić information content (AvgIpc) is 2.56. The molecule has 0 bridgehead atoms. The summed E-state index contributed by atoms with van der Waals surface area (Å²) in [4.78, 5) is 27.4. The zero-order chi connectivity index (χ0) is 17.0. The standard InChI is InChI=1S/C15H19F2N3O3.ClH/c1-23-9-13(18)15(22)20-6-4-19(5-7-20)14(21)10-2-3-11(16)12(17)8-10;/h2-3,8,13H,4-7,9,18H2,1H3;1H. The lowest BCUT2D eigenvalue weighted by Gasteiger charge is -2.35. The minimum atomic E-state index is -1.06. The molecule has 1 heterocycles. The van der Waals surface area contributed by atoms with Gasteiger partial charge in [0, 0.05) is 38.9 Å². The zero-order valence-corrected chi connectivity index (χ0v) is 14.0. The summed E-state index contributed by atoms with van der Waals surface area (Å²) in [6.07, 6.45) is 0. The highest BCUT2D eigenvalue weighted by Gasteiger charge is 2.27. The summed E-state index contributed by atoms with van der Waals surface area (Å²) in [7, 11) is 1.46. The van der Waals surface area contributed by atoms with Gasteiger partial charge in [0.15, 0.2) is 11.6 Å². The summed E-state index contributed by atoms with van der Waals surface area (Å²) < 4.78 is 31.0. The van der Waals surface area contributed by atoms with Crippen molar-refractivity contribution in [3.8, 4) is 0 Å². The molecule has 134 valence electrons. The van der Waals surface area contributed by atoms with Crippen LogP contribution in [0.4, 0.5) is 8.78 Å². The fraction of sp³-hybridized carbons (Fsp3) is 0.467.